The topological polar surface area (TPSA) is 36.4 Å². The number of aryl methyl sites for hydroxylation is 1. The van der Waals surface area contributed by atoms with Crippen LogP contribution in [0.15, 0.2) is 70.3 Å². The fourth-order valence-corrected chi connectivity index (χ4v) is 4.52. The number of nitrogens with zero attached hydrogens (tertiary/aromatic N) is 1. The molecule has 2 N–H and O–H groups in total. The highest BCUT2D eigenvalue weighted by molar-refractivity contribution is 7.08. The van der Waals surface area contributed by atoms with Crippen LogP contribution in [0.1, 0.15) is 40.8 Å². The molecule has 2 atom stereocenters. The van der Waals surface area contributed by atoms with Gasteiger partial charge in [0.15, 0.2) is 5.96 Å². The molecule has 0 saturated heterocycles. The molecular formula is C21H19N3S. The van der Waals surface area contributed by atoms with Crippen LogP contribution >= 0.6 is 11.3 Å². The summed E-state index contributed by atoms with van der Waals surface area (Å²) < 4.78 is 0. The number of hydrogen-bond donors (Lipinski definition) is 2. The van der Waals surface area contributed by atoms with Crippen LogP contribution < -0.4 is 10.6 Å². The van der Waals surface area contributed by atoms with Crippen molar-refractivity contribution < 1.29 is 0 Å². The lowest BCUT2D eigenvalue weighted by molar-refractivity contribution is 0.633. The molecule has 1 aliphatic carbocycles. The van der Waals surface area contributed by atoms with Crippen molar-refractivity contribution in [3.63, 3.8) is 0 Å². The normalized spacial score (nSPS) is 21.0. The van der Waals surface area contributed by atoms with Gasteiger partial charge in [0.1, 0.15) is 6.04 Å². The summed E-state index contributed by atoms with van der Waals surface area (Å²) in [5.41, 5.74) is 6.48. The highest BCUT2D eigenvalue weighted by Crippen LogP contribution is 2.36. The summed E-state index contributed by atoms with van der Waals surface area (Å²) >= 11 is 1.72. The lowest BCUT2D eigenvalue weighted by Gasteiger charge is -2.27. The van der Waals surface area contributed by atoms with Gasteiger partial charge in [0.2, 0.25) is 0 Å². The summed E-state index contributed by atoms with van der Waals surface area (Å²) in [6.45, 7) is 0. The van der Waals surface area contributed by atoms with Crippen LogP contribution in [-0.2, 0) is 6.42 Å². The third kappa shape index (κ3) is 2.63. The van der Waals surface area contributed by atoms with Crippen LogP contribution in [0.4, 0.5) is 5.69 Å². The zero-order valence-electron chi connectivity index (χ0n) is 13.8. The Morgan fingerprint density at radius 1 is 1.00 bits per heavy atom. The fourth-order valence-electron chi connectivity index (χ4n) is 3.84. The third-order valence-corrected chi connectivity index (χ3v) is 5.77. The number of benzene rings is 2. The molecule has 0 bridgehead atoms. The molecule has 0 saturated carbocycles. The van der Waals surface area contributed by atoms with E-state index in [2.05, 4.69) is 76.0 Å². The lowest BCUT2D eigenvalue weighted by Crippen LogP contribution is -2.36. The van der Waals surface area contributed by atoms with Crippen LogP contribution in [-0.4, -0.2) is 5.96 Å². The van der Waals surface area contributed by atoms with E-state index in [1.807, 2.05) is 0 Å². The second-order valence-corrected chi connectivity index (χ2v) is 7.36. The number of aliphatic imine (C=N–C) groups is 1. The largest absolute Gasteiger partial charge is 0.349 e. The summed E-state index contributed by atoms with van der Waals surface area (Å²) in [7, 11) is 0. The minimum Gasteiger partial charge on any atom is -0.349 e. The van der Waals surface area contributed by atoms with Gasteiger partial charge in [-0.25, -0.2) is 4.99 Å². The third-order valence-electron chi connectivity index (χ3n) is 5.07. The van der Waals surface area contributed by atoms with Crippen LogP contribution in [0, 0.1) is 0 Å². The van der Waals surface area contributed by atoms with Gasteiger partial charge in [0.05, 0.1) is 6.04 Å². The van der Waals surface area contributed by atoms with Crippen molar-refractivity contribution >= 4 is 23.0 Å². The zero-order chi connectivity index (χ0) is 16.6. The Morgan fingerprint density at radius 3 is 2.72 bits per heavy atom. The molecule has 0 amide bonds. The van der Waals surface area contributed by atoms with E-state index in [0.717, 1.165) is 24.5 Å². The molecule has 25 heavy (non-hydrogen) atoms. The van der Waals surface area contributed by atoms with Gasteiger partial charge in [0, 0.05) is 11.3 Å². The molecule has 1 aliphatic heterocycles. The van der Waals surface area contributed by atoms with Crippen molar-refractivity contribution in [1.29, 1.82) is 0 Å². The standard InChI is InChI=1S/C21H19N3S/c1-2-6-16-14(5-1)9-10-19(16)23-21-22-18-8-4-3-7-17(18)20(24-21)15-11-12-25-13-15/h1-8,11-13,19-20H,9-10H2,(H2,22,23,24)/t19-,20?/m1/s1. The summed E-state index contributed by atoms with van der Waals surface area (Å²) in [5, 5.41) is 11.5. The summed E-state index contributed by atoms with van der Waals surface area (Å²) in [6.07, 6.45) is 2.25. The highest BCUT2D eigenvalue weighted by atomic mass is 32.1. The van der Waals surface area contributed by atoms with Gasteiger partial charge in [-0.05, 0) is 52.4 Å². The minimum absolute atomic E-state index is 0.0582. The van der Waals surface area contributed by atoms with Gasteiger partial charge in [-0.15, -0.1) is 0 Å². The Morgan fingerprint density at radius 2 is 1.84 bits per heavy atom. The van der Waals surface area contributed by atoms with E-state index in [0.29, 0.717) is 6.04 Å². The van der Waals surface area contributed by atoms with Crippen LogP contribution in [0.2, 0.25) is 0 Å². The first kappa shape index (κ1) is 14.7. The minimum atomic E-state index is 0.0582. The Kier molecular flexibility index (Phi) is 3.56. The number of guanidine groups is 1. The van der Waals surface area contributed by atoms with Gasteiger partial charge < -0.3 is 10.6 Å². The monoisotopic (exact) mass is 345 g/mol. The SMILES string of the molecule is c1ccc2c(c1)CC[C@H]2NC1=NC(c2ccsc2)c2ccccc2N1. The molecule has 1 aromatic heterocycles. The molecule has 4 heteroatoms. The number of para-hydroxylation sites is 1. The molecule has 2 aliphatic rings. The van der Waals surface area contributed by atoms with Crippen LogP contribution in [0.25, 0.3) is 0 Å². The quantitative estimate of drug-likeness (QED) is 0.693. The second-order valence-electron chi connectivity index (χ2n) is 6.58. The van der Waals surface area contributed by atoms with E-state index >= 15 is 0 Å². The molecule has 0 fully saturated rings. The average molecular weight is 345 g/mol. The Labute approximate surface area is 151 Å². The van der Waals surface area contributed by atoms with Gasteiger partial charge >= 0.3 is 0 Å². The number of fused-ring (bicyclic) bond motifs is 2. The maximum absolute atomic E-state index is 5.00. The van der Waals surface area contributed by atoms with E-state index in [1.165, 1.54) is 22.3 Å². The van der Waals surface area contributed by atoms with E-state index in [1.54, 1.807) is 11.3 Å². The van der Waals surface area contributed by atoms with E-state index in [4.69, 9.17) is 4.99 Å². The van der Waals surface area contributed by atoms with Crippen LogP contribution in [0.5, 0.6) is 0 Å². The predicted octanol–water partition coefficient (Wildman–Crippen LogP) is 4.90. The second kappa shape index (κ2) is 6.05. The molecule has 2 heterocycles. The summed E-state index contributed by atoms with van der Waals surface area (Å²) in [5.74, 6) is 0.872. The first-order valence-electron chi connectivity index (χ1n) is 8.69. The highest BCUT2D eigenvalue weighted by Gasteiger charge is 2.27. The maximum atomic E-state index is 5.00. The number of hydrogen-bond acceptors (Lipinski definition) is 4. The number of nitrogens with one attached hydrogen (secondary N) is 2. The average Bonchev–Trinajstić information content (AvgIpc) is 3.32. The number of thiophene rings is 1. The molecule has 3 aromatic rings. The molecule has 1 unspecified atom stereocenters. The van der Waals surface area contributed by atoms with Crippen LogP contribution in [0.3, 0.4) is 0 Å². The van der Waals surface area contributed by atoms with Gasteiger partial charge in [-0.3, -0.25) is 0 Å². The molecule has 3 nitrogen and oxygen atoms in total. The smallest absolute Gasteiger partial charge is 0.197 e. The van der Waals surface area contributed by atoms with Gasteiger partial charge in [-0.2, -0.15) is 11.3 Å². The Balaban J connectivity index is 1.48. The van der Waals surface area contributed by atoms with E-state index in [9.17, 15) is 0 Å². The van der Waals surface area contributed by atoms with E-state index < -0.39 is 0 Å². The summed E-state index contributed by atoms with van der Waals surface area (Å²) in [4.78, 5) is 5.00. The molecular weight excluding hydrogens is 326 g/mol. The van der Waals surface area contributed by atoms with Crippen molar-refractivity contribution in [2.75, 3.05) is 5.32 Å². The molecule has 2 aromatic carbocycles. The Bertz CT molecular complexity index is 930. The van der Waals surface area contributed by atoms with Crippen molar-refractivity contribution in [2.45, 2.75) is 24.9 Å². The van der Waals surface area contributed by atoms with Crippen molar-refractivity contribution in [2.24, 2.45) is 4.99 Å². The van der Waals surface area contributed by atoms with Gasteiger partial charge in [-0.1, -0.05) is 42.5 Å². The maximum Gasteiger partial charge on any atom is 0.197 e. The zero-order valence-corrected chi connectivity index (χ0v) is 14.6. The first-order valence-corrected chi connectivity index (χ1v) is 9.63. The lowest BCUT2D eigenvalue weighted by atomic mass is 9.98. The molecule has 0 spiro atoms. The molecule has 124 valence electrons. The first-order chi connectivity index (χ1) is 12.4. The summed E-state index contributed by atoms with van der Waals surface area (Å²) in [6, 6.07) is 19.7. The van der Waals surface area contributed by atoms with Crippen molar-refractivity contribution in [3.05, 3.63) is 87.6 Å². The molecule has 5 rings (SSSR count). The van der Waals surface area contributed by atoms with Gasteiger partial charge in [0.25, 0.3) is 0 Å². The molecule has 0 radical (unpaired) electrons. The number of rotatable bonds is 2. The predicted molar refractivity (Wildman–Crippen MR) is 104 cm³/mol. The van der Waals surface area contributed by atoms with E-state index in [-0.39, 0.29) is 6.04 Å². The van der Waals surface area contributed by atoms with Crippen molar-refractivity contribution in [1.82, 2.24) is 5.32 Å². The number of anilines is 1. The Hall–Kier alpha value is -2.59. The fraction of sp³-hybridized carbons (Fsp3) is 0.190. The van der Waals surface area contributed by atoms with Crippen molar-refractivity contribution in [3.8, 4) is 0 Å².